The van der Waals surface area contributed by atoms with Crippen LogP contribution < -0.4 is 5.32 Å². The zero-order valence-corrected chi connectivity index (χ0v) is 14.5. The van der Waals surface area contributed by atoms with E-state index in [1.165, 1.54) is 55.8 Å². The highest BCUT2D eigenvalue weighted by molar-refractivity contribution is 7.98. The van der Waals surface area contributed by atoms with Crippen LogP contribution in [-0.2, 0) is 6.54 Å². The Bertz CT molecular complexity index is 411. The lowest BCUT2D eigenvalue weighted by Crippen LogP contribution is -2.42. The summed E-state index contributed by atoms with van der Waals surface area (Å²) < 4.78 is 0. The lowest BCUT2D eigenvalue weighted by Gasteiger charge is -2.32. The van der Waals surface area contributed by atoms with Crippen LogP contribution in [0.3, 0.4) is 0 Å². The molecule has 2 fully saturated rings. The van der Waals surface area contributed by atoms with E-state index in [9.17, 15) is 0 Å². The van der Waals surface area contributed by atoms with Crippen LogP contribution in [0.2, 0.25) is 0 Å². The molecule has 1 N–H and O–H groups in total. The SMILES string of the molecule is CSc1ccc(CN2CCC(NCC3CC3)CC2)cc1.Cl. The summed E-state index contributed by atoms with van der Waals surface area (Å²) in [4.78, 5) is 3.96. The molecule has 2 nitrogen and oxygen atoms in total. The molecule has 21 heavy (non-hydrogen) atoms. The predicted molar refractivity (Wildman–Crippen MR) is 94.5 cm³/mol. The van der Waals surface area contributed by atoms with Gasteiger partial charge in [-0.3, -0.25) is 4.90 Å². The second-order valence-corrected chi connectivity index (χ2v) is 7.13. The molecule has 2 aliphatic rings. The Morgan fingerprint density at radius 2 is 1.76 bits per heavy atom. The monoisotopic (exact) mass is 326 g/mol. The number of rotatable bonds is 6. The number of nitrogens with zero attached hydrogens (tertiary/aromatic N) is 1. The van der Waals surface area contributed by atoms with Crippen molar-refractivity contribution in [3.8, 4) is 0 Å². The Labute approximate surface area is 139 Å². The minimum absolute atomic E-state index is 0. The summed E-state index contributed by atoms with van der Waals surface area (Å²) in [5, 5.41) is 3.75. The molecular weight excluding hydrogens is 300 g/mol. The van der Waals surface area contributed by atoms with Gasteiger partial charge in [-0.15, -0.1) is 24.2 Å². The number of hydrogen-bond donors (Lipinski definition) is 1. The van der Waals surface area contributed by atoms with Crippen molar-refractivity contribution in [2.45, 2.75) is 43.2 Å². The lowest BCUT2D eigenvalue weighted by molar-refractivity contribution is 0.190. The fraction of sp³-hybridized carbons (Fsp3) is 0.647. The summed E-state index contributed by atoms with van der Waals surface area (Å²) in [7, 11) is 0. The molecule has 0 spiro atoms. The van der Waals surface area contributed by atoms with Gasteiger partial charge in [-0.1, -0.05) is 12.1 Å². The third-order valence-electron chi connectivity index (χ3n) is 4.54. The molecule has 1 saturated carbocycles. The maximum absolute atomic E-state index is 3.75. The van der Waals surface area contributed by atoms with Crippen LogP contribution in [0.15, 0.2) is 29.2 Å². The van der Waals surface area contributed by atoms with Gasteiger partial charge in [-0.2, -0.15) is 0 Å². The Morgan fingerprint density at radius 3 is 2.33 bits per heavy atom. The van der Waals surface area contributed by atoms with E-state index in [0.29, 0.717) is 0 Å². The van der Waals surface area contributed by atoms with Gasteiger partial charge in [0, 0.05) is 17.5 Å². The van der Waals surface area contributed by atoms with Gasteiger partial charge in [-0.25, -0.2) is 0 Å². The fourth-order valence-electron chi connectivity index (χ4n) is 2.94. The quantitative estimate of drug-likeness (QED) is 0.801. The molecule has 0 atom stereocenters. The third kappa shape index (κ3) is 5.48. The molecule has 1 aromatic rings. The van der Waals surface area contributed by atoms with E-state index in [2.05, 4.69) is 40.7 Å². The normalized spacial score (nSPS) is 20.2. The van der Waals surface area contributed by atoms with Crippen LogP contribution >= 0.6 is 24.2 Å². The van der Waals surface area contributed by atoms with E-state index >= 15 is 0 Å². The molecule has 1 aliphatic heterocycles. The van der Waals surface area contributed by atoms with Crippen LogP contribution in [0.1, 0.15) is 31.2 Å². The zero-order valence-electron chi connectivity index (χ0n) is 12.9. The van der Waals surface area contributed by atoms with Crippen LogP contribution in [-0.4, -0.2) is 36.8 Å². The van der Waals surface area contributed by atoms with Crippen molar-refractivity contribution in [1.29, 1.82) is 0 Å². The predicted octanol–water partition coefficient (Wildman–Crippen LogP) is 3.79. The summed E-state index contributed by atoms with van der Waals surface area (Å²) in [6.45, 7) is 4.87. The summed E-state index contributed by atoms with van der Waals surface area (Å²) >= 11 is 1.81. The molecule has 0 radical (unpaired) electrons. The van der Waals surface area contributed by atoms with Gasteiger partial charge in [0.1, 0.15) is 0 Å². The van der Waals surface area contributed by atoms with Crippen molar-refractivity contribution >= 4 is 24.2 Å². The van der Waals surface area contributed by atoms with E-state index in [1.807, 2.05) is 11.8 Å². The van der Waals surface area contributed by atoms with Crippen molar-refractivity contribution in [3.05, 3.63) is 29.8 Å². The lowest BCUT2D eigenvalue weighted by atomic mass is 10.0. The maximum atomic E-state index is 3.75. The van der Waals surface area contributed by atoms with Gasteiger partial charge >= 0.3 is 0 Å². The van der Waals surface area contributed by atoms with E-state index in [1.54, 1.807) is 0 Å². The molecular formula is C17H27ClN2S. The van der Waals surface area contributed by atoms with E-state index in [4.69, 9.17) is 0 Å². The van der Waals surface area contributed by atoms with Crippen LogP contribution in [0.4, 0.5) is 0 Å². The number of piperidine rings is 1. The van der Waals surface area contributed by atoms with Crippen LogP contribution in [0, 0.1) is 5.92 Å². The van der Waals surface area contributed by atoms with Gasteiger partial charge < -0.3 is 5.32 Å². The van der Waals surface area contributed by atoms with Crippen molar-refractivity contribution in [2.24, 2.45) is 5.92 Å². The number of halogens is 1. The number of nitrogens with one attached hydrogen (secondary N) is 1. The van der Waals surface area contributed by atoms with E-state index < -0.39 is 0 Å². The number of hydrogen-bond acceptors (Lipinski definition) is 3. The van der Waals surface area contributed by atoms with Gasteiger partial charge in [0.05, 0.1) is 0 Å². The third-order valence-corrected chi connectivity index (χ3v) is 5.29. The van der Waals surface area contributed by atoms with Crippen molar-refractivity contribution < 1.29 is 0 Å². The average molecular weight is 327 g/mol. The number of benzene rings is 1. The second kappa shape index (κ2) is 8.42. The van der Waals surface area contributed by atoms with Crippen LogP contribution in [0.25, 0.3) is 0 Å². The largest absolute Gasteiger partial charge is 0.314 e. The molecule has 1 aromatic carbocycles. The summed E-state index contributed by atoms with van der Waals surface area (Å²) in [5.41, 5.74) is 1.45. The molecule has 118 valence electrons. The molecule has 0 aromatic heterocycles. The topological polar surface area (TPSA) is 15.3 Å². The molecule has 1 heterocycles. The first kappa shape index (κ1) is 17.1. The fourth-order valence-corrected chi connectivity index (χ4v) is 3.35. The Kier molecular flexibility index (Phi) is 6.87. The van der Waals surface area contributed by atoms with Gasteiger partial charge in [0.15, 0.2) is 0 Å². The molecule has 3 rings (SSSR count). The molecule has 1 saturated heterocycles. The zero-order chi connectivity index (χ0) is 13.8. The van der Waals surface area contributed by atoms with Crippen LogP contribution in [0.5, 0.6) is 0 Å². The Balaban J connectivity index is 0.00000161. The minimum Gasteiger partial charge on any atom is -0.314 e. The molecule has 4 heteroatoms. The second-order valence-electron chi connectivity index (χ2n) is 6.25. The highest BCUT2D eigenvalue weighted by atomic mass is 35.5. The maximum Gasteiger partial charge on any atom is 0.0233 e. The van der Waals surface area contributed by atoms with Gasteiger partial charge in [0.25, 0.3) is 0 Å². The first-order valence-corrected chi connectivity index (χ1v) is 9.14. The van der Waals surface area contributed by atoms with Gasteiger partial charge in [0.2, 0.25) is 0 Å². The number of likely N-dealkylation sites (tertiary alicyclic amines) is 1. The Morgan fingerprint density at radius 1 is 1.10 bits per heavy atom. The van der Waals surface area contributed by atoms with Crippen molar-refractivity contribution in [1.82, 2.24) is 10.2 Å². The summed E-state index contributed by atoms with van der Waals surface area (Å²) in [6, 6.07) is 9.81. The molecule has 0 amide bonds. The average Bonchev–Trinajstić information content (AvgIpc) is 3.32. The highest BCUT2D eigenvalue weighted by Gasteiger charge is 2.24. The first-order valence-electron chi connectivity index (χ1n) is 7.92. The van der Waals surface area contributed by atoms with Crippen molar-refractivity contribution in [3.63, 3.8) is 0 Å². The molecule has 0 bridgehead atoms. The standard InChI is InChI=1S/C17H26N2S.ClH/c1-20-17-6-4-15(5-7-17)13-19-10-8-16(9-11-19)18-12-14-2-3-14;/h4-7,14,16,18H,2-3,8-13H2,1H3;1H. The summed E-state index contributed by atoms with van der Waals surface area (Å²) in [6.07, 6.45) is 7.68. The molecule has 1 aliphatic carbocycles. The molecule has 0 unspecified atom stereocenters. The minimum atomic E-state index is 0. The van der Waals surface area contributed by atoms with E-state index in [-0.39, 0.29) is 12.4 Å². The first-order chi connectivity index (χ1) is 9.83. The number of thioether (sulfide) groups is 1. The summed E-state index contributed by atoms with van der Waals surface area (Å²) in [5.74, 6) is 1.00. The van der Waals surface area contributed by atoms with Gasteiger partial charge in [-0.05, 0) is 75.2 Å². The highest BCUT2D eigenvalue weighted by Crippen LogP contribution is 2.28. The van der Waals surface area contributed by atoms with Crippen molar-refractivity contribution in [2.75, 3.05) is 25.9 Å². The van der Waals surface area contributed by atoms with E-state index in [0.717, 1.165) is 18.5 Å². The Hall–Kier alpha value is -0.220. The smallest absolute Gasteiger partial charge is 0.0233 e.